The summed E-state index contributed by atoms with van der Waals surface area (Å²) < 4.78 is 47.6. The Morgan fingerprint density at radius 1 is 0.476 bits per heavy atom. The lowest BCUT2D eigenvalue weighted by molar-refractivity contribution is -0.134. The highest BCUT2D eigenvalue weighted by Gasteiger charge is 2.64. The van der Waals surface area contributed by atoms with Crippen LogP contribution in [0.2, 0.25) is 5.02 Å². The zero-order chi connectivity index (χ0) is 73.7. The molecule has 0 saturated heterocycles. The van der Waals surface area contributed by atoms with Crippen LogP contribution in [0.3, 0.4) is 0 Å². The molecule has 4 aliphatic carbocycles. The molecule has 4 heterocycles. The number of amides is 6. The number of rotatable bonds is 24. The summed E-state index contributed by atoms with van der Waals surface area (Å²) >= 11 is 6.39. The molecule has 15 rings (SSSR count). The number of para-hydroxylation sites is 3. The van der Waals surface area contributed by atoms with E-state index in [-0.39, 0.29) is 50.4 Å². The number of ether oxygens (including phenoxy) is 3. The second kappa shape index (κ2) is 30.2. The van der Waals surface area contributed by atoms with E-state index >= 15 is 0 Å². The van der Waals surface area contributed by atoms with Crippen LogP contribution in [0.15, 0.2) is 200 Å². The maximum absolute atomic E-state index is 15.0. The number of benzene rings is 7. The van der Waals surface area contributed by atoms with Crippen molar-refractivity contribution in [2.24, 2.45) is 51.2 Å². The van der Waals surface area contributed by atoms with Gasteiger partial charge in [-0.3, -0.25) is 54.4 Å². The van der Waals surface area contributed by atoms with Crippen LogP contribution in [0.1, 0.15) is 77.1 Å². The standard InChI is InChI=1S/C28H23ClFN3O4.C27H24N4O4.C25H24FN3O4/c29-21-7-3-1-6-19(21)24-12-17(18-5-2-4-8-23(18)32-24)15-37-25-10-9-16(11-22(25)30)13-28(27(31)35)14-20(28)26(34)33-36;28-26(33)27(14-22(27)25(32)31-34)13-17-7-9-20(10-8-17)35-16-19-12-24(18-4-3-11-29-15-18)30-23-6-2-1-5-21(19)23;26-19-9-14(11-25(24(27)31)12-18(25)23(30)29-32)5-8-22(19)33-13-16-10-21(15-6-7-15)28-20-4-2-1-3-17(16)20/h1-12,20,36H,13-15H2,(H2,31,35)(H,33,34);1-12,15,22,34H,13-14,16H2,(H2,28,33)(H,31,32);1-5,8-10,15,18,32H,6-7,11-13H2,(H2,27,31)(H,29,30)/t20-,28+;22-,27+;18-,25+/m111/s1. The Bertz CT molecular complexity index is 5190. The minimum absolute atomic E-state index is 0.0394. The first-order valence-corrected chi connectivity index (χ1v) is 34.2. The summed E-state index contributed by atoms with van der Waals surface area (Å²) in [6.07, 6.45) is 7.02. The molecule has 11 aromatic rings. The number of carbonyl (C=O) groups excluding carboxylic acids is 6. The van der Waals surface area contributed by atoms with Gasteiger partial charge in [0, 0.05) is 73.0 Å². The zero-order valence-electron chi connectivity index (χ0n) is 56.3. The van der Waals surface area contributed by atoms with Crippen LogP contribution >= 0.6 is 11.6 Å². The van der Waals surface area contributed by atoms with Gasteiger partial charge in [-0.1, -0.05) is 109 Å². The third-order valence-corrected chi connectivity index (χ3v) is 20.5. The SMILES string of the molecule is NC(=O)[C@@]1(Cc2ccc(OCc3cc(-c4ccccc4Cl)nc4ccccc34)c(F)c2)C[C@@H]1C(=O)NO.NC(=O)[C@@]1(Cc2ccc(OCc3cc(-c4cccnc4)nc4ccccc34)cc2)C[C@@H]1C(=O)NO.NC(=O)[C@@]1(Cc2ccc(OCc3cc(C4CC4)nc4ccccc34)c(F)c2)C[C@@H]1C(=O)NO. The molecule has 6 atom stereocenters. The molecule has 7 aromatic carbocycles. The molecule has 25 heteroatoms. The Morgan fingerprint density at radius 2 is 0.895 bits per heavy atom. The molecule has 0 radical (unpaired) electrons. The maximum Gasteiger partial charge on any atom is 0.247 e. The topological polar surface area (TPSA) is 357 Å². The Hall–Kier alpha value is -11.8. The first-order chi connectivity index (χ1) is 50.7. The third kappa shape index (κ3) is 15.5. The Morgan fingerprint density at radius 3 is 1.34 bits per heavy atom. The van der Waals surface area contributed by atoms with Gasteiger partial charge in [0.1, 0.15) is 25.6 Å². The van der Waals surface area contributed by atoms with Crippen molar-refractivity contribution in [3.8, 4) is 39.8 Å². The molecule has 534 valence electrons. The van der Waals surface area contributed by atoms with Gasteiger partial charge >= 0.3 is 0 Å². The van der Waals surface area contributed by atoms with Gasteiger partial charge in [0.05, 0.1) is 61.9 Å². The molecule has 12 N–H and O–H groups in total. The highest BCUT2D eigenvalue weighted by Crippen LogP contribution is 2.57. The lowest BCUT2D eigenvalue weighted by Crippen LogP contribution is -2.33. The van der Waals surface area contributed by atoms with Crippen LogP contribution in [0, 0.1) is 45.6 Å². The normalized spacial score (nSPS) is 19.5. The number of hydroxylamine groups is 3. The van der Waals surface area contributed by atoms with Gasteiger partial charge in [0.15, 0.2) is 23.1 Å². The number of carbonyl (C=O) groups is 6. The number of hydrogen-bond acceptors (Lipinski definition) is 16. The van der Waals surface area contributed by atoms with Gasteiger partial charge in [-0.2, -0.15) is 0 Å². The molecule has 0 aliphatic heterocycles. The van der Waals surface area contributed by atoms with Crippen LogP contribution in [-0.2, 0) is 67.9 Å². The summed E-state index contributed by atoms with van der Waals surface area (Å²) in [6.45, 7) is 0.628. The average Bonchev–Trinajstić information content (AvgIpc) is 1.59. The van der Waals surface area contributed by atoms with Crippen LogP contribution < -0.4 is 47.9 Å². The molecule has 4 aliphatic rings. The predicted octanol–water partition coefficient (Wildman–Crippen LogP) is 11.6. The summed E-state index contributed by atoms with van der Waals surface area (Å²) in [5, 5.41) is 30.1. The quantitative estimate of drug-likeness (QED) is 0.0200. The zero-order valence-corrected chi connectivity index (χ0v) is 57.1. The van der Waals surface area contributed by atoms with Gasteiger partial charge in [-0.05, 0) is 159 Å². The lowest BCUT2D eigenvalue weighted by atomic mass is 9.92. The second-order valence-corrected chi connectivity index (χ2v) is 27.3. The summed E-state index contributed by atoms with van der Waals surface area (Å²) in [6, 6.07) is 56.8. The summed E-state index contributed by atoms with van der Waals surface area (Å²) in [7, 11) is 0. The predicted molar refractivity (Wildman–Crippen MR) is 383 cm³/mol. The van der Waals surface area contributed by atoms with Gasteiger partial charge < -0.3 is 31.4 Å². The van der Waals surface area contributed by atoms with Crippen LogP contribution in [0.4, 0.5) is 8.78 Å². The smallest absolute Gasteiger partial charge is 0.247 e. The van der Waals surface area contributed by atoms with Gasteiger partial charge in [0.2, 0.25) is 35.4 Å². The minimum Gasteiger partial charge on any atom is -0.489 e. The molecule has 0 spiro atoms. The summed E-state index contributed by atoms with van der Waals surface area (Å²) in [5.74, 6) is -5.73. The molecule has 22 nitrogen and oxygen atoms in total. The highest BCUT2D eigenvalue weighted by atomic mass is 35.5. The van der Waals surface area contributed by atoms with Crippen LogP contribution in [0.25, 0.3) is 55.2 Å². The Labute approximate surface area is 604 Å². The van der Waals surface area contributed by atoms with Crippen molar-refractivity contribution in [3.63, 3.8) is 0 Å². The fourth-order valence-corrected chi connectivity index (χ4v) is 14.1. The Balaban J connectivity index is 0.000000140. The fraction of sp³-hybridized carbons (Fsp3) is 0.225. The van der Waals surface area contributed by atoms with Crippen molar-refractivity contribution >= 4 is 79.8 Å². The van der Waals surface area contributed by atoms with E-state index in [2.05, 4.69) is 4.98 Å². The maximum atomic E-state index is 15.0. The number of primary amides is 3. The number of aromatic nitrogens is 4. The fourth-order valence-electron chi connectivity index (χ4n) is 13.8. The average molecular weight is 1440 g/mol. The van der Waals surface area contributed by atoms with E-state index in [0.717, 1.165) is 90.3 Å². The molecule has 105 heavy (non-hydrogen) atoms. The Kier molecular flexibility index (Phi) is 20.6. The van der Waals surface area contributed by atoms with Crippen molar-refractivity contribution in [3.05, 3.63) is 256 Å². The largest absolute Gasteiger partial charge is 0.489 e. The number of nitrogens with two attached hydrogens (primary N) is 3. The monoisotopic (exact) mass is 1440 g/mol. The molecular formula is C80H71ClF2N10O12. The van der Waals surface area contributed by atoms with E-state index in [4.69, 9.17) is 73.6 Å². The number of halogens is 3. The number of fused-ring (bicyclic) bond motifs is 3. The van der Waals surface area contributed by atoms with Crippen LogP contribution in [-0.4, -0.2) is 71.0 Å². The molecule has 4 saturated carbocycles. The van der Waals surface area contributed by atoms with E-state index in [1.54, 1.807) is 47.0 Å². The minimum atomic E-state index is -1.15. The number of hydrogen-bond donors (Lipinski definition) is 9. The van der Waals surface area contributed by atoms with Crippen molar-refractivity contribution in [2.75, 3.05) is 0 Å². The van der Waals surface area contributed by atoms with E-state index in [1.165, 1.54) is 24.3 Å². The molecular weight excluding hydrogens is 1370 g/mol. The van der Waals surface area contributed by atoms with Crippen molar-refractivity contribution < 1.29 is 67.4 Å². The molecule has 4 fully saturated rings. The van der Waals surface area contributed by atoms with Gasteiger partial charge in [-0.15, -0.1) is 0 Å². The highest BCUT2D eigenvalue weighted by molar-refractivity contribution is 6.33. The first kappa shape index (κ1) is 71.6. The second-order valence-electron chi connectivity index (χ2n) is 26.9. The van der Waals surface area contributed by atoms with Gasteiger partial charge in [-0.25, -0.2) is 35.2 Å². The van der Waals surface area contributed by atoms with Crippen molar-refractivity contribution in [1.82, 2.24) is 36.4 Å². The van der Waals surface area contributed by atoms with Crippen molar-refractivity contribution in [2.45, 2.75) is 77.1 Å². The van der Waals surface area contributed by atoms with Crippen LogP contribution in [0.5, 0.6) is 17.2 Å². The third-order valence-electron chi connectivity index (χ3n) is 20.1. The molecule has 6 amide bonds. The van der Waals surface area contributed by atoms with E-state index in [9.17, 15) is 37.5 Å². The summed E-state index contributed by atoms with van der Waals surface area (Å²) in [4.78, 5) is 89.7. The lowest BCUT2D eigenvalue weighted by Gasteiger charge is -2.15. The number of nitrogens with zero attached hydrogens (tertiary/aromatic N) is 4. The summed E-state index contributed by atoms with van der Waals surface area (Å²) in [5.41, 5.74) is 29.6. The first-order valence-electron chi connectivity index (χ1n) is 33.8. The van der Waals surface area contributed by atoms with Crippen molar-refractivity contribution in [1.29, 1.82) is 0 Å². The molecule has 0 bridgehead atoms. The molecule has 4 aromatic heterocycles. The van der Waals surface area contributed by atoms with E-state index in [1.807, 2.05) is 146 Å². The number of pyridine rings is 4. The van der Waals surface area contributed by atoms with E-state index < -0.39 is 81.1 Å². The molecule has 0 unspecified atom stereocenters. The van der Waals surface area contributed by atoms with E-state index in [0.29, 0.717) is 53.0 Å². The van der Waals surface area contributed by atoms with Gasteiger partial charge in [0.25, 0.3) is 0 Å². The number of nitrogens with one attached hydrogen (secondary N) is 3.